The summed E-state index contributed by atoms with van der Waals surface area (Å²) in [5.74, 6) is -0.0496. The predicted octanol–water partition coefficient (Wildman–Crippen LogP) is 7.51. The van der Waals surface area contributed by atoms with E-state index in [1.54, 1.807) is 0 Å². The number of ether oxygens (including phenoxy) is 2. The van der Waals surface area contributed by atoms with Crippen molar-refractivity contribution in [2.45, 2.75) is 115 Å². The lowest BCUT2D eigenvalue weighted by atomic mass is 9.91. The predicted molar refractivity (Wildman–Crippen MR) is 151 cm³/mol. The minimum atomic E-state index is -2.41. The Labute approximate surface area is 224 Å². The van der Waals surface area contributed by atoms with Gasteiger partial charge in [0, 0.05) is 12.4 Å². The maximum Gasteiger partial charge on any atom is 0.386 e. The van der Waals surface area contributed by atoms with Gasteiger partial charge in [-0.2, -0.15) is 0 Å². The standard InChI is InChI=1S/C28H49O6PS/c1-4-6-8-9-10-11-12-16-21-32-24(3)23-33-28(30,35-31)27(29)34-36-22-20-26(17-7-5-2)25-18-14-13-15-19-25/h13-15,18-19,24,26,30H,4-12,16-17,20-23,35H2,1-3H3. The number of benzene rings is 1. The first-order chi connectivity index (χ1) is 17.5. The summed E-state index contributed by atoms with van der Waals surface area (Å²) in [4.78, 5) is 12.4. The molecule has 4 atom stereocenters. The second-order valence-corrected chi connectivity index (χ2v) is 11.3. The molecule has 4 unspecified atom stereocenters. The first-order valence-corrected chi connectivity index (χ1v) is 15.8. The van der Waals surface area contributed by atoms with Gasteiger partial charge in [-0.1, -0.05) is 102 Å². The smallest absolute Gasteiger partial charge is 0.386 e. The van der Waals surface area contributed by atoms with Crippen LogP contribution in [0.3, 0.4) is 0 Å². The van der Waals surface area contributed by atoms with Crippen molar-refractivity contribution < 1.29 is 28.1 Å². The van der Waals surface area contributed by atoms with Crippen LogP contribution in [-0.2, 0) is 23.0 Å². The Morgan fingerprint density at radius 2 is 1.61 bits per heavy atom. The van der Waals surface area contributed by atoms with Crippen molar-refractivity contribution in [3.8, 4) is 0 Å². The Bertz CT molecular complexity index is 692. The van der Waals surface area contributed by atoms with Crippen molar-refractivity contribution in [2.75, 3.05) is 19.0 Å². The summed E-state index contributed by atoms with van der Waals surface area (Å²) in [5, 5.41) is 10.4. The molecule has 1 aromatic carbocycles. The summed E-state index contributed by atoms with van der Waals surface area (Å²) >= 11 is 0.975. The van der Waals surface area contributed by atoms with Gasteiger partial charge in [-0.05, 0) is 37.7 Å². The molecule has 1 rings (SSSR count). The molecule has 0 aliphatic rings. The number of unbranched alkanes of at least 4 members (excludes halogenated alkanes) is 8. The Kier molecular flexibility index (Phi) is 19.5. The van der Waals surface area contributed by atoms with E-state index in [-0.39, 0.29) is 12.7 Å². The molecule has 6 nitrogen and oxygen atoms in total. The average molecular weight is 545 g/mol. The van der Waals surface area contributed by atoms with Gasteiger partial charge in [0.25, 0.3) is 0 Å². The van der Waals surface area contributed by atoms with Crippen LogP contribution in [-0.4, -0.2) is 41.7 Å². The van der Waals surface area contributed by atoms with Crippen molar-refractivity contribution >= 4 is 26.5 Å². The third-order valence-electron chi connectivity index (χ3n) is 6.25. The van der Waals surface area contributed by atoms with Crippen molar-refractivity contribution in [1.82, 2.24) is 0 Å². The van der Waals surface area contributed by atoms with Crippen LogP contribution in [0.2, 0.25) is 0 Å². The van der Waals surface area contributed by atoms with E-state index in [1.165, 1.54) is 44.1 Å². The fourth-order valence-corrected chi connectivity index (χ4v) is 5.05. The van der Waals surface area contributed by atoms with E-state index >= 15 is 0 Å². The minimum absolute atomic E-state index is 0.0321. The van der Waals surface area contributed by atoms with E-state index in [9.17, 15) is 14.5 Å². The van der Waals surface area contributed by atoms with Crippen LogP contribution in [0.5, 0.6) is 0 Å². The van der Waals surface area contributed by atoms with Crippen LogP contribution in [0.4, 0.5) is 0 Å². The maximum absolute atomic E-state index is 12.4. The summed E-state index contributed by atoms with van der Waals surface area (Å²) in [6, 6.07) is 10.3. The van der Waals surface area contributed by atoms with Crippen LogP contribution in [0.25, 0.3) is 0 Å². The molecule has 0 spiro atoms. The molecule has 0 saturated heterocycles. The van der Waals surface area contributed by atoms with Crippen LogP contribution in [0.15, 0.2) is 30.3 Å². The molecular weight excluding hydrogens is 495 g/mol. The number of carbonyl (C=O) groups excluding carboxylic acids is 1. The zero-order chi connectivity index (χ0) is 26.5. The molecule has 0 aromatic heterocycles. The van der Waals surface area contributed by atoms with E-state index in [1.807, 2.05) is 25.1 Å². The number of rotatable bonds is 23. The molecule has 0 radical (unpaired) electrons. The summed E-state index contributed by atoms with van der Waals surface area (Å²) in [6.07, 6.45) is 13.6. The first kappa shape index (κ1) is 33.2. The lowest BCUT2D eigenvalue weighted by Gasteiger charge is -2.23. The number of carbonyl (C=O) groups is 1. The van der Waals surface area contributed by atoms with E-state index in [0.717, 1.165) is 50.6 Å². The number of aliphatic hydroxyl groups is 1. The monoisotopic (exact) mass is 544 g/mol. The first-order valence-electron chi connectivity index (χ1n) is 13.8. The van der Waals surface area contributed by atoms with Gasteiger partial charge in [-0.3, -0.25) is 0 Å². The SMILES string of the molecule is CCCCCCCCCCOC(C)COC(O)([PH2]=O)C(=O)OSCCC(CCCC)c1ccccc1. The molecule has 0 heterocycles. The van der Waals surface area contributed by atoms with Gasteiger partial charge in [-0.15, -0.1) is 0 Å². The van der Waals surface area contributed by atoms with Gasteiger partial charge in [0.05, 0.1) is 24.8 Å². The maximum atomic E-state index is 12.4. The lowest BCUT2D eigenvalue weighted by molar-refractivity contribution is -0.192. The Morgan fingerprint density at radius 1 is 0.972 bits per heavy atom. The van der Waals surface area contributed by atoms with Crippen LogP contribution in [0.1, 0.15) is 109 Å². The third kappa shape index (κ3) is 14.8. The molecule has 0 aliphatic carbocycles. The summed E-state index contributed by atoms with van der Waals surface area (Å²) in [6.45, 7) is 6.78. The zero-order valence-corrected chi connectivity index (χ0v) is 24.6. The summed E-state index contributed by atoms with van der Waals surface area (Å²) in [5.41, 5.74) is -1.13. The lowest BCUT2D eigenvalue weighted by Crippen LogP contribution is -2.38. The van der Waals surface area contributed by atoms with Crippen LogP contribution >= 0.6 is 20.5 Å². The highest BCUT2D eigenvalue weighted by Crippen LogP contribution is 2.29. The second kappa shape index (κ2) is 21.1. The van der Waals surface area contributed by atoms with Gasteiger partial charge < -0.3 is 23.3 Å². The van der Waals surface area contributed by atoms with Crippen LogP contribution < -0.4 is 0 Å². The molecule has 8 heteroatoms. The van der Waals surface area contributed by atoms with Gasteiger partial charge in [0.15, 0.2) is 0 Å². The highest BCUT2D eigenvalue weighted by molar-refractivity contribution is 7.95. The van der Waals surface area contributed by atoms with Crippen molar-refractivity contribution in [2.24, 2.45) is 0 Å². The quantitative estimate of drug-likeness (QED) is 0.0661. The van der Waals surface area contributed by atoms with E-state index in [0.29, 0.717) is 18.3 Å². The largest absolute Gasteiger partial charge is 0.387 e. The molecule has 36 heavy (non-hydrogen) atoms. The summed E-state index contributed by atoms with van der Waals surface area (Å²) in [7, 11) is -1.93. The zero-order valence-electron chi connectivity index (χ0n) is 22.6. The minimum Gasteiger partial charge on any atom is -0.387 e. The van der Waals surface area contributed by atoms with Gasteiger partial charge in [-0.25, -0.2) is 4.79 Å². The van der Waals surface area contributed by atoms with Gasteiger partial charge in [0.2, 0.25) is 0 Å². The van der Waals surface area contributed by atoms with Crippen LogP contribution in [0, 0.1) is 0 Å². The topological polar surface area (TPSA) is 82.1 Å². The molecule has 0 bridgehead atoms. The van der Waals surface area contributed by atoms with Crippen molar-refractivity contribution in [3.05, 3.63) is 35.9 Å². The fourth-order valence-electron chi connectivity index (χ4n) is 3.95. The number of hydrogen-bond acceptors (Lipinski definition) is 7. The third-order valence-corrected chi connectivity index (χ3v) is 7.65. The normalized spacial score (nSPS) is 15.1. The van der Waals surface area contributed by atoms with E-state index in [4.69, 9.17) is 13.7 Å². The summed E-state index contributed by atoms with van der Waals surface area (Å²) < 4.78 is 27.8. The van der Waals surface area contributed by atoms with E-state index < -0.39 is 20.0 Å². The molecular formula is C28H49O6PS. The fraction of sp³-hybridized carbons (Fsp3) is 0.750. The average Bonchev–Trinajstić information content (AvgIpc) is 2.90. The van der Waals surface area contributed by atoms with Gasteiger partial charge >= 0.3 is 11.5 Å². The molecule has 0 amide bonds. The highest BCUT2D eigenvalue weighted by atomic mass is 32.2. The van der Waals surface area contributed by atoms with Crippen molar-refractivity contribution in [1.29, 1.82) is 0 Å². The Balaban J connectivity index is 2.28. The Hall–Kier alpha value is -0.850. The molecule has 208 valence electrons. The number of hydrogen-bond donors (Lipinski definition) is 1. The molecule has 0 fully saturated rings. The highest BCUT2D eigenvalue weighted by Gasteiger charge is 2.39. The molecule has 0 saturated carbocycles. The second-order valence-electron chi connectivity index (χ2n) is 9.51. The van der Waals surface area contributed by atoms with Gasteiger partial charge in [0.1, 0.15) is 8.46 Å². The Morgan fingerprint density at radius 3 is 2.25 bits per heavy atom. The van der Waals surface area contributed by atoms with Crippen molar-refractivity contribution in [3.63, 3.8) is 0 Å². The van der Waals surface area contributed by atoms with E-state index in [2.05, 4.69) is 26.0 Å². The molecule has 1 N–H and O–H groups in total. The molecule has 0 aliphatic heterocycles. The molecule has 1 aromatic rings.